The molecule has 0 aromatic heterocycles. The highest BCUT2D eigenvalue weighted by molar-refractivity contribution is 5.85. The number of rotatable bonds is 9. The molecule has 0 aliphatic carbocycles. The fourth-order valence-corrected chi connectivity index (χ4v) is 1.62. The number of esters is 1. The van der Waals surface area contributed by atoms with Crippen LogP contribution in [0, 0.1) is 5.92 Å². The zero-order valence-corrected chi connectivity index (χ0v) is 11.3. The molecule has 0 spiro atoms. The van der Waals surface area contributed by atoms with Gasteiger partial charge in [-0.3, -0.25) is 9.59 Å². The third kappa shape index (κ3) is 6.76. The molecule has 110 valence electrons. The van der Waals surface area contributed by atoms with Crippen molar-refractivity contribution >= 4 is 17.8 Å². The van der Waals surface area contributed by atoms with Crippen molar-refractivity contribution in [1.29, 1.82) is 0 Å². The number of ether oxygens (including phenoxy) is 1. The second-order valence-corrected chi connectivity index (χ2v) is 4.24. The molecule has 0 heterocycles. The first kappa shape index (κ1) is 17.4. The molecule has 2 atom stereocenters. The number of carbonyl (C=O) groups excluding carboxylic acids is 2. The van der Waals surface area contributed by atoms with Gasteiger partial charge in [0.15, 0.2) is 0 Å². The van der Waals surface area contributed by atoms with E-state index in [0.29, 0.717) is 6.42 Å². The Balaban J connectivity index is 4.44. The van der Waals surface area contributed by atoms with Crippen molar-refractivity contribution in [2.45, 2.75) is 38.6 Å². The number of amides is 1. The lowest BCUT2D eigenvalue weighted by Gasteiger charge is -2.18. The predicted octanol–water partition coefficient (Wildman–Crippen LogP) is -0.116. The average molecular weight is 274 g/mol. The molecule has 0 fully saturated rings. The monoisotopic (exact) mass is 274 g/mol. The van der Waals surface area contributed by atoms with Crippen LogP contribution in [0.4, 0.5) is 0 Å². The summed E-state index contributed by atoms with van der Waals surface area (Å²) in [7, 11) is 1.22. The molecule has 0 radical (unpaired) electrons. The maximum absolute atomic E-state index is 11.8. The second-order valence-electron chi connectivity index (χ2n) is 4.24. The Morgan fingerprint density at radius 2 is 1.95 bits per heavy atom. The van der Waals surface area contributed by atoms with Crippen LogP contribution in [-0.2, 0) is 19.1 Å². The van der Waals surface area contributed by atoms with Gasteiger partial charge in [-0.1, -0.05) is 13.3 Å². The molecule has 1 unspecified atom stereocenters. The lowest BCUT2D eigenvalue weighted by molar-refractivity contribution is -0.144. The molecular formula is C12H22N2O5. The molecule has 0 aromatic carbocycles. The van der Waals surface area contributed by atoms with Gasteiger partial charge in [0.2, 0.25) is 5.91 Å². The summed E-state index contributed by atoms with van der Waals surface area (Å²) in [5.41, 5.74) is 5.47. The molecule has 0 aliphatic heterocycles. The van der Waals surface area contributed by atoms with Crippen LogP contribution in [-0.4, -0.2) is 42.6 Å². The zero-order valence-electron chi connectivity index (χ0n) is 11.3. The van der Waals surface area contributed by atoms with E-state index in [4.69, 9.17) is 10.8 Å². The molecule has 7 heteroatoms. The van der Waals surface area contributed by atoms with Gasteiger partial charge in [-0.05, 0) is 12.8 Å². The van der Waals surface area contributed by atoms with Crippen LogP contribution >= 0.6 is 0 Å². The molecule has 4 N–H and O–H groups in total. The van der Waals surface area contributed by atoms with Crippen molar-refractivity contribution in [3.63, 3.8) is 0 Å². The predicted molar refractivity (Wildman–Crippen MR) is 68.3 cm³/mol. The minimum Gasteiger partial charge on any atom is -0.480 e. The highest BCUT2D eigenvalue weighted by atomic mass is 16.5. The van der Waals surface area contributed by atoms with Gasteiger partial charge < -0.3 is 20.9 Å². The van der Waals surface area contributed by atoms with E-state index in [-0.39, 0.29) is 25.3 Å². The summed E-state index contributed by atoms with van der Waals surface area (Å²) < 4.78 is 4.43. The third-order valence-electron chi connectivity index (χ3n) is 2.77. The van der Waals surface area contributed by atoms with Crippen LogP contribution in [0.1, 0.15) is 32.6 Å². The van der Waals surface area contributed by atoms with E-state index in [9.17, 15) is 14.4 Å². The molecule has 0 saturated heterocycles. The summed E-state index contributed by atoms with van der Waals surface area (Å²) in [4.78, 5) is 33.8. The van der Waals surface area contributed by atoms with Crippen LogP contribution in [0.25, 0.3) is 0 Å². The van der Waals surface area contributed by atoms with Crippen LogP contribution in [0.3, 0.4) is 0 Å². The number of hydrogen-bond donors (Lipinski definition) is 3. The van der Waals surface area contributed by atoms with Crippen LogP contribution in [0.15, 0.2) is 0 Å². The van der Waals surface area contributed by atoms with E-state index < -0.39 is 23.9 Å². The summed E-state index contributed by atoms with van der Waals surface area (Å²) in [5.74, 6) is -2.47. The Morgan fingerprint density at radius 1 is 1.32 bits per heavy atom. The van der Waals surface area contributed by atoms with E-state index in [1.165, 1.54) is 7.11 Å². The molecule has 0 bridgehead atoms. The van der Waals surface area contributed by atoms with Gasteiger partial charge in [-0.25, -0.2) is 4.79 Å². The Kier molecular flexibility index (Phi) is 8.52. The van der Waals surface area contributed by atoms with Crippen LogP contribution in [0.5, 0.6) is 0 Å². The van der Waals surface area contributed by atoms with E-state index in [2.05, 4.69) is 10.1 Å². The fraction of sp³-hybridized carbons (Fsp3) is 0.750. The second kappa shape index (κ2) is 9.32. The van der Waals surface area contributed by atoms with Crippen molar-refractivity contribution < 1.29 is 24.2 Å². The molecule has 7 nitrogen and oxygen atoms in total. The van der Waals surface area contributed by atoms with Crippen molar-refractivity contribution in [2.24, 2.45) is 11.7 Å². The number of nitrogens with two attached hydrogens (primary N) is 1. The normalized spacial score (nSPS) is 13.4. The topological polar surface area (TPSA) is 119 Å². The Bertz CT molecular complexity index is 319. The highest BCUT2D eigenvalue weighted by Crippen LogP contribution is 2.07. The average Bonchev–Trinajstić information content (AvgIpc) is 2.39. The Labute approximate surface area is 112 Å². The first-order chi connectivity index (χ1) is 8.96. The first-order valence-electron chi connectivity index (χ1n) is 6.26. The number of methoxy groups -OCH3 is 1. The van der Waals surface area contributed by atoms with Crippen LogP contribution in [0.2, 0.25) is 0 Å². The smallest absolute Gasteiger partial charge is 0.326 e. The number of aliphatic carboxylic acids is 1. The molecule has 0 saturated carbocycles. The molecular weight excluding hydrogens is 252 g/mol. The molecule has 1 amide bonds. The van der Waals surface area contributed by atoms with Crippen LogP contribution < -0.4 is 11.1 Å². The summed E-state index contributed by atoms with van der Waals surface area (Å²) >= 11 is 0. The van der Waals surface area contributed by atoms with Crippen molar-refractivity contribution in [2.75, 3.05) is 13.7 Å². The van der Waals surface area contributed by atoms with Gasteiger partial charge in [-0.15, -0.1) is 0 Å². The summed E-state index contributed by atoms with van der Waals surface area (Å²) in [6.45, 7) is 2.09. The number of carboxylic acid groups (broad SMARTS) is 1. The van der Waals surface area contributed by atoms with Gasteiger partial charge in [0.05, 0.1) is 13.0 Å². The third-order valence-corrected chi connectivity index (χ3v) is 2.77. The minimum absolute atomic E-state index is 0.00281. The van der Waals surface area contributed by atoms with E-state index in [1.807, 2.05) is 6.92 Å². The van der Waals surface area contributed by atoms with E-state index in [0.717, 1.165) is 6.42 Å². The van der Waals surface area contributed by atoms with Crippen molar-refractivity contribution in [3.05, 3.63) is 0 Å². The number of hydrogen-bond acceptors (Lipinski definition) is 5. The standard InChI is InChI=1S/C12H22N2O5/c1-3-4-8(7-13)11(16)14-9(12(17)18)5-6-10(15)19-2/h8-9H,3-7,13H2,1-2H3,(H,14,16)(H,17,18)/t8?,9-/m0/s1. The van der Waals surface area contributed by atoms with Gasteiger partial charge in [0.25, 0.3) is 0 Å². The summed E-state index contributed by atoms with van der Waals surface area (Å²) in [6, 6.07) is -1.10. The molecule has 0 rings (SSSR count). The quantitative estimate of drug-likeness (QED) is 0.504. The van der Waals surface area contributed by atoms with Crippen molar-refractivity contribution in [3.8, 4) is 0 Å². The SMILES string of the molecule is CCCC(CN)C(=O)N[C@@H](CCC(=O)OC)C(=O)O. The summed E-state index contributed by atoms with van der Waals surface area (Å²) in [5, 5.41) is 11.4. The van der Waals surface area contributed by atoms with E-state index >= 15 is 0 Å². The largest absolute Gasteiger partial charge is 0.480 e. The maximum atomic E-state index is 11.8. The maximum Gasteiger partial charge on any atom is 0.326 e. The molecule has 19 heavy (non-hydrogen) atoms. The van der Waals surface area contributed by atoms with Gasteiger partial charge >= 0.3 is 11.9 Å². The Hall–Kier alpha value is -1.63. The zero-order chi connectivity index (χ0) is 14.8. The van der Waals surface area contributed by atoms with E-state index in [1.54, 1.807) is 0 Å². The highest BCUT2D eigenvalue weighted by Gasteiger charge is 2.24. The molecule has 0 aliphatic rings. The van der Waals surface area contributed by atoms with Gasteiger partial charge in [0, 0.05) is 13.0 Å². The van der Waals surface area contributed by atoms with Crippen molar-refractivity contribution in [1.82, 2.24) is 5.32 Å². The lowest BCUT2D eigenvalue weighted by Crippen LogP contribution is -2.45. The number of carbonyl (C=O) groups is 3. The van der Waals surface area contributed by atoms with Gasteiger partial charge in [0.1, 0.15) is 6.04 Å². The van der Waals surface area contributed by atoms with Gasteiger partial charge in [-0.2, -0.15) is 0 Å². The first-order valence-corrected chi connectivity index (χ1v) is 6.26. The molecule has 0 aromatic rings. The lowest BCUT2D eigenvalue weighted by atomic mass is 10.0. The summed E-state index contributed by atoms with van der Waals surface area (Å²) in [6.07, 6.45) is 1.33. The minimum atomic E-state index is -1.18. The Morgan fingerprint density at radius 3 is 2.37 bits per heavy atom. The fourth-order valence-electron chi connectivity index (χ4n) is 1.62. The number of nitrogens with one attached hydrogen (secondary N) is 1. The number of carboxylic acids is 1.